The Morgan fingerprint density at radius 3 is 2.38 bits per heavy atom. The van der Waals surface area contributed by atoms with E-state index in [0.29, 0.717) is 0 Å². The highest BCUT2D eigenvalue weighted by Gasteiger charge is 1.99. The van der Waals surface area contributed by atoms with Crippen molar-refractivity contribution in [2.24, 2.45) is 5.73 Å². The molecule has 2 nitrogen and oxygen atoms in total. The number of aliphatic hydroxyl groups excluding tert-OH is 1. The van der Waals surface area contributed by atoms with Crippen LogP contribution in [0.25, 0.3) is 0 Å². The fourth-order valence-corrected chi connectivity index (χ4v) is 1.09. The predicted molar refractivity (Wildman–Crippen MR) is 57.1 cm³/mol. The zero-order valence-electron chi connectivity index (χ0n) is 7.52. The van der Waals surface area contributed by atoms with Crippen molar-refractivity contribution in [3.8, 4) is 0 Å². The van der Waals surface area contributed by atoms with Gasteiger partial charge in [-0.15, -0.1) is 12.4 Å². The summed E-state index contributed by atoms with van der Waals surface area (Å²) in [4.78, 5) is 0. The summed E-state index contributed by atoms with van der Waals surface area (Å²) in [6, 6.07) is 10.1. The van der Waals surface area contributed by atoms with Gasteiger partial charge in [-0.25, -0.2) is 0 Å². The molecule has 3 N–H and O–H groups in total. The molecule has 0 saturated heterocycles. The van der Waals surface area contributed by atoms with Crippen LogP contribution in [0.4, 0.5) is 0 Å². The van der Waals surface area contributed by atoms with Crippen LogP contribution in [0.5, 0.6) is 0 Å². The van der Waals surface area contributed by atoms with Crippen molar-refractivity contribution in [1.29, 1.82) is 0 Å². The van der Waals surface area contributed by atoms with Gasteiger partial charge >= 0.3 is 0 Å². The molecule has 1 aromatic carbocycles. The Balaban J connectivity index is 0.00000144. The molecule has 13 heavy (non-hydrogen) atoms. The second-order valence-electron chi connectivity index (χ2n) is 2.97. The first-order valence-electron chi connectivity index (χ1n) is 4.23. The van der Waals surface area contributed by atoms with Crippen LogP contribution in [0.1, 0.15) is 12.0 Å². The molecule has 74 valence electrons. The lowest BCUT2D eigenvalue weighted by Gasteiger charge is -2.06. The number of nitrogens with two attached hydrogens (primary N) is 1. The summed E-state index contributed by atoms with van der Waals surface area (Å²) in [5.41, 5.74) is 6.85. The Morgan fingerprint density at radius 2 is 1.85 bits per heavy atom. The fraction of sp³-hybridized carbons (Fsp3) is 0.400. The van der Waals surface area contributed by atoms with Crippen molar-refractivity contribution in [3.05, 3.63) is 35.9 Å². The highest BCUT2D eigenvalue weighted by molar-refractivity contribution is 5.85. The number of benzene rings is 1. The van der Waals surface area contributed by atoms with Crippen molar-refractivity contribution in [2.75, 3.05) is 6.61 Å². The molecule has 0 fully saturated rings. The fourth-order valence-electron chi connectivity index (χ4n) is 1.09. The van der Waals surface area contributed by atoms with E-state index in [2.05, 4.69) is 12.1 Å². The number of aryl methyl sites for hydroxylation is 1. The van der Waals surface area contributed by atoms with E-state index in [1.165, 1.54) is 5.56 Å². The minimum atomic E-state index is -0.0785. The van der Waals surface area contributed by atoms with Gasteiger partial charge < -0.3 is 10.8 Å². The summed E-state index contributed by atoms with van der Waals surface area (Å²) in [5.74, 6) is 0. The zero-order chi connectivity index (χ0) is 8.81. The highest BCUT2D eigenvalue weighted by Crippen LogP contribution is 2.03. The van der Waals surface area contributed by atoms with Crippen molar-refractivity contribution in [3.63, 3.8) is 0 Å². The summed E-state index contributed by atoms with van der Waals surface area (Å²) in [5, 5.41) is 8.69. The number of aliphatic hydroxyl groups is 1. The van der Waals surface area contributed by atoms with Crippen molar-refractivity contribution < 1.29 is 5.11 Å². The molecule has 1 aromatic rings. The maximum absolute atomic E-state index is 8.69. The van der Waals surface area contributed by atoms with Crippen LogP contribution < -0.4 is 5.73 Å². The standard InChI is InChI=1S/C10H15NO.ClH/c11-10(8-12)7-6-9-4-2-1-3-5-9;/h1-5,10,12H,6-8,11H2;1H. The van der Waals surface area contributed by atoms with E-state index in [9.17, 15) is 0 Å². The van der Waals surface area contributed by atoms with Gasteiger partial charge in [0.1, 0.15) is 0 Å². The molecule has 0 bridgehead atoms. The topological polar surface area (TPSA) is 46.2 Å². The maximum atomic E-state index is 8.69. The molecule has 1 rings (SSSR count). The summed E-state index contributed by atoms with van der Waals surface area (Å²) in [6.45, 7) is 0.0762. The van der Waals surface area contributed by atoms with Crippen LogP contribution in [-0.2, 0) is 6.42 Å². The second kappa shape index (κ2) is 6.89. The van der Waals surface area contributed by atoms with Gasteiger partial charge in [0.2, 0.25) is 0 Å². The van der Waals surface area contributed by atoms with Crippen LogP contribution in [0.15, 0.2) is 30.3 Å². The third-order valence-corrected chi connectivity index (χ3v) is 1.88. The van der Waals surface area contributed by atoms with E-state index >= 15 is 0 Å². The van der Waals surface area contributed by atoms with Crippen LogP contribution in [0, 0.1) is 0 Å². The first-order valence-corrected chi connectivity index (χ1v) is 4.23. The van der Waals surface area contributed by atoms with E-state index in [4.69, 9.17) is 10.8 Å². The Labute approximate surface area is 85.2 Å². The highest BCUT2D eigenvalue weighted by atomic mass is 35.5. The average molecular weight is 202 g/mol. The van der Waals surface area contributed by atoms with E-state index in [1.807, 2.05) is 18.2 Å². The van der Waals surface area contributed by atoms with Gasteiger partial charge in [-0.05, 0) is 18.4 Å². The Kier molecular flexibility index (Phi) is 6.59. The Morgan fingerprint density at radius 1 is 1.23 bits per heavy atom. The molecule has 0 aliphatic carbocycles. The van der Waals surface area contributed by atoms with Crippen LogP contribution in [0.3, 0.4) is 0 Å². The van der Waals surface area contributed by atoms with Gasteiger partial charge in [0.25, 0.3) is 0 Å². The largest absolute Gasteiger partial charge is 0.395 e. The van der Waals surface area contributed by atoms with Gasteiger partial charge in [-0.1, -0.05) is 30.3 Å². The van der Waals surface area contributed by atoms with E-state index in [0.717, 1.165) is 12.8 Å². The van der Waals surface area contributed by atoms with Gasteiger partial charge in [0, 0.05) is 6.04 Å². The molecule has 0 heterocycles. The third kappa shape index (κ3) is 4.88. The Hall–Kier alpha value is -0.570. The third-order valence-electron chi connectivity index (χ3n) is 1.88. The molecule has 0 spiro atoms. The maximum Gasteiger partial charge on any atom is 0.0582 e. The molecular weight excluding hydrogens is 186 g/mol. The van der Waals surface area contributed by atoms with Gasteiger partial charge in [-0.2, -0.15) is 0 Å². The monoisotopic (exact) mass is 201 g/mol. The van der Waals surface area contributed by atoms with Crippen LogP contribution in [0.2, 0.25) is 0 Å². The number of rotatable bonds is 4. The molecule has 0 amide bonds. The lowest BCUT2D eigenvalue weighted by atomic mass is 10.1. The molecule has 0 radical (unpaired) electrons. The number of hydrogen-bond donors (Lipinski definition) is 2. The minimum absolute atomic E-state index is 0. The molecular formula is C10H16ClNO. The number of hydrogen-bond acceptors (Lipinski definition) is 2. The average Bonchev–Trinajstić information content (AvgIpc) is 2.16. The molecule has 0 aromatic heterocycles. The molecule has 0 aliphatic rings. The van der Waals surface area contributed by atoms with Crippen LogP contribution >= 0.6 is 12.4 Å². The minimum Gasteiger partial charge on any atom is -0.395 e. The normalized spacial score (nSPS) is 11.8. The van der Waals surface area contributed by atoms with Crippen LogP contribution in [-0.4, -0.2) is 17.8 Å². The predicted octanol–water partition coefficient (Wildman–Crippen LogP) is 1.36. The summed E-state index contributed by atoms with van der Waals surface area (Å²) in [7, 11) is 0. The van der Waals surface area contributed by atoms with Gasteiger partial charge in [0.05, 0.1) is 6.61 Å². The lowest BCUT2D eigenvalue weighted by molar-refractivity contribution is 0.260. The summed E-state index contributed by atoms with van der Waals surface area (Å²) < 4.78 is 0. The summed E-state index contributed by atoms with van der Waals surface area (Å²) in [6.07, 6.45) is 1.79. The van der Waals surface area contributed by atoms with E-state index < -0.39 is 0 Å². The van der Waals surface area contributed by atoms with Crippen molar-refractivity contribution >= 4 is 12.4 Å². The van der Waals surface area contributed by atoms with Gasteiger partial charge in [0.15, 0.2) is 0 Å². The molecule has 3 heteroatoms. The van der Waals surface area contributed by atoms with Crippen molar-refractivity contribution in [2.45, 2.75) is 18.9 Å². The molecule has 1 unspecified atom stereocenters. The van der Waals surface area contributed by atoms with E-state index in [-0.39, 0.29) is 25.1 Å². The Bertz CT molecular complexity index is 215. The first-order chi connectivity index (χ1) is 5.83. The quantitative estimate of drug-likeness (QED) is 0.773. The SMILES string of the molecule is Cl.NC(CO)CCc1ccccc1. The molecule has 1 atom stereocenters. The zero-order valence-corrected chi connectivity index (χ0v) is 8.33. The smallest absolute Gasteiger partial charge is 0.0582 e. The van der Waals surface area contributed by atoms with Gasteiger partial charge in [-0.3, -0.25) is 0 Å². The molecule has 0 aliphatic heterocycles. The first kappa shape index (κ1) is 12.4. The number of halogens is 1. The van der Waals surface area contributed by atoms with E-state index in [1.54, 1.807) is 0 Å². The van der Waals surface area contributed by atoms with Crippen molar-refractivity contribution in [1.82, 2.24) is 0 Å². The lowest BCUT2D eigenvalue weighted by Crippen LogP contribution is -2.24. The molecule has 0 saturated carbocycles. The second-order valence-corrected chi connectivity index (χ2v) is 2.97. The summed E-state index contributed by atoms with van der Waals surface area (Å²) >= 11 is 0.